The van der Waals surface area contributed by atoms with Gasteiger partial charge in [0.15, 0.2) is 5.78 Å². The van der Waals surface area contributed by atoms with Crippen LogP contribution in [0.5, 0.6) is 0 Å². The van der Waals surface area contributed by atoms with E-state index in [1.54, 1.807) is 7.11 Å². The zero-order chi connectivity index (χ0) is 12.3. The van der Waals surface area contributed by atoms with Crippen molar-refractivity contribution in [3.05, 3.63) is 11.6 Å². The predicted molar refractivity (Wildman–Crippen MR) is 65.6 cm³/mol. The Morgan fingerprint density at radius 3 is 3.06 bits per heavy atom. The van der Waals surface area contributed by atoms with E-state index in [2.05, 4.69) is 6.92 Å². The molecule has 2 aliphatic carbocycles. The SMILES string of the molecule is COCOC[C@@H]1CC[C@]2(C)CCC(=O)C=C2C1. The molecule has 1 saturated carbocycles. The molecule has 17 heavy (non-hydrogen) atoms. The number of hydrogen-bond acceptors (Lipinski definition) is 3. The van der Waals surface area contributed by atoms with Crippen molar-refractivity contribution in [2.75, 3.05) is 20.5 Å². The van der Waals surface area contributed by atoms with E-state index in [1.165, 1.54) is 18.4 Å². The number of ether oxygens (including phenoxy) is 2. The van der Waals surface area contributed by atoms with Gasteiger partial charge in [0.05, 0.1) is 6.61 Å². The third-order valence-corrected chi connectivity index (χ3v) is 4.20. The van der Waals surface area contributed by atoms with Crippen molar-refractivity contribution in [1.82, 2.24) is 0 Å². The highest BCUT2D eigenvalue weighted by molar-refractivity contribution is 5.91. The summed E-state index contributed by atoms with van der Waals surface area (Å²) in [5.41, 5.74) is 1.64. The van der Waals surface area contributed by atoms with Gasteiger partial charge in [-0.2, -0.15) is 0 Å². The molecule has 0 radical (unpaired) electrons. The Labute approximate surface area is 103 Å². The lowest BCUT2D eigenvalue weighted by Crippen LogP contribution is -2.32. The first-order valence-electron chi connectivity index (χ1n) is 6.44. The van der Waals surface area contributed by atoms with Crippen molar-refractivity contribution < 1.29 is 14.3 Å². The fourth-order valence-corrected chi connectivity index (χ4v) is 2.97. The molecule has 2 aliphatic rings. The third-order valence-electron chi connectivity index (χ3n) is 4.20. The highest BCUT2D eigenvalue weighted by Gasteiger charge is 2.37. The molecule has 3 heteroatoms. The summed E-state index contributed by atoms with van der Waals surface area (Å²) in [5, 5.41) is 0. The zero-order valence-corrected chi connectivity index (χ0v) is 10.8. The molecular weight excluding hydrogens is 216 g/mol. The number of allylic oxidation sites excluding steroid dienone is 2. The number of rotatable bonds is 4. The molecule has 3 nitrogen and oxygen atoms in total. The molecule has 0 aliphatic heterocycles. The van der Waals surface area contributed by atoms with E-state index >= 15 is 0 Å². The van der Waals surface area contributed by atoms with Gasteiger partial charge in [-0.05, 0) is 43.1 Å². The highest BCUT2D eigenvalue weighted by atomic mass is 16.7. The maximum absolute atomic E-state index is 11.5. The molecule has 0 aromatic rings. The first kappa shape index (κ1) is 12.8. The van der Waals surface area contributed by atoms with Crippen LogP contribution in [0.15, 0.2) is 11.6 Å². The second-order valence-corrected chi connectivity index (χ2v) is 5.58. The summed E-state index contributed by atoms with van der Waals surface area (Å²) < 4.78 is 10.3. The van der Waals surface area contributed by atoms with Crippen LogP contribution in [0.25, 0.3) is 0 Å². The van der Waals surface area contributed by atoms with Crippen LogP contribution in [0.4, 0.5) is 0 Å². The molecule has 0 heterocycles. The summed E-state index contributed by atoms with van der Waals surface area (Å²) >= 11 is 0. The average molecular weight is 238 g/mol. The molecule has 0 aromatic carbocycles. The van der Waals surface area contributed by atoms with Gasteiger partial charge in [0, 0.05) is 13.5 Å². The van der Waals surface area contributed by atoms with Crippen molar-refractivity contribution in [3.8, 4) is 0 Å². The minimum Gasteiger partial charge on any atom is -0.359 e. The Hall–Kier alpha value is -0.670. The summed E-state index contributed by atoms with van der Waals surface area (Å²) in [6.45, 7) is 3.42. The molecular formula is C14H22O3. The smallest absolute Gasteiger partial charge is 0.155 e. The topological polar surface area (TPSA) is 35.5 Å². The van der Waals surface area contributed by atoms with E-state index in [0.717, 1.165) is 25.9 Å². The predicted octanol–water partition coefficient (Wildman–Crippen LogP) is 2.70. The molecule has 0 aromatic heterocycles. The van der Waals surface area contributed by atoms with Crippen molar-refractivity contribution in [1.29, 1.82) is 0 Å². The van der Waals surface area contributed by atoms with Gasteiger partial charge in [-0.25, -0.2) is 0 Å². The van der Waals surface area contributed by atoms with Gasteiger partial charge in [-0.1, -0.05) is 12.5 Å². The largest absolute Gasteiger partial charge is 0.359 e. The van der Waals surface area contributed by atoms with Gasteiger partial charge in [0.2, 0.25) is 0 Å². The first-order valence-corrected chi connectivity index (χ1v) is 6.44. The molecule has 2 atom stereocenters. The lowest BCUT2D eigenvalue weighted by molar-refractivity contribution is -0.116. The van der Waals surface area contributed by atoms with Crippen LogP contribution in [-0.4, -0.2) is 26.3 Å². The molecule has 0 unspecified atom stereocenters. The summed E-state index contributed by atoms with van der Waals surface area (Å²) in [5.74, 6) is 0.853. The Morgan fingerprint density at radius 2 is 2.29 bits per heavy atom. The van der Waals surface area contributed by atoms with Gasteiger partial charge in [0.1, 0.15) is 6.79 Å². The molecule has 0 saturated heterocycles. The van der Waals surface area contributed by atoms with Crippen LogP contribution in [0, 0.1) is 11.3 Å². The Morgan fingerprint density at radius 1 is 1.47 bits per heavy atom. The van der Waals surface area contributed by atoms with Crippen molar-refractivity contribution >= 4 is 5.78 Å². The lowest BCUT2D eigenvalue weighted by Gasteiger charge is -2.42. The maximum atomic E-state index is 11.5. The number of carbonyl (C=O) groups is 1. The normalized spacial score (nSPS) is 33.2. The van der Waals surface area contributed by atoms with E-state index in [4.69, 9.17) is 9.47 Å². The zero-order valence-electron chi connectivity index (χ0n) is 10.8. The number of ketones is 1. The van der Waals surface area contributed by atoms with Crippen molar-refractivity contribution in [2.45, 2.75) is 39.0 Å². The summed E-state index contributed by atoms with van der Waals surface area (Å²) in [7, 11) is 1.64. The Bertz CT molecular complexity index is 321. The second kappa shape index (κ2) is 5.32. The second-order valence-electron chi connectivity index (χ2n) is 5.58. The first-order chi connectivity index (χ1) is 8.14. The van der Waals surface area contributed by atoms with Crippen molar-refractivity contribution in [2.24, 2.45) is 11.3 Å². The van der Waals surface area contributed by atoms with Crippen molar-refractivity contribution in [3.63, 3.8) is 0 Å². The van der Waals surface area contributed by atoms with Gasteiger partial charge < -0.3 is 9.47 Å². The molecule has 0 spiro atoms. The van der Waals surface area contributed by atoms with Crippen LogP contribution < -0.4 is 0 Å². The highest BCUT2D eigenvalue weighted by Crippen LogP contribution is 2.48. The Balaban J connectivity index is 1.94. The van der Waals surface area contributed by atoms with E-state index in [0.29, 0.717) is 18.5 Å². The molecule has 0 amide bonds. The summed E-state index contributed by atoms with van der Waals surface area (Å²) in [6, 6.07) is 0. The molecule has 2 rings (SSSR count). The van der Waals surface area contributed by atoms with E-state index in [9.17, 15) is 4.79 Å². The van der Waals surface area contributed by atoms with Gasteiger partial charge >= 0.3 is 0 Å². The van der Waals surface area contributed by atoms with Crippen LogP contribution in [0.3, 0.4) is 0 Å². The minimum absolute atomic E-state index is 0.283. The third kappa shape index (κ3) is 2.96. The standard InChI is InChI=1S/C14H22O3/c1-14-5-3-11(9-17-10-16-2)7-12(14)8-13(15)4-6-14/h8,11H,3-7,9-10H2,1-2H3/t11-,14-/m1/s1. The number of carbonyl (C=O) groups excluding carboxylic acids is 1. The molecule has 0 bridgehead atoms. The summed E-state index contributed by atoms with van der Waals surface area (Å²) in [4.78, 5) is 11.5. The number of methoxy groups -OCH3 is 1. The molecule has 1 fully saturated rings. The maximum Gasteiger partial charge on any atom is 0.155 e. The lowest BCUT2D eigenvalue weighted by atomic mass is 9.63. The molecule has 96 valence electrons. The quantitative estimate of drug-likeness (QED) is 0.558. The number of hydrogen-bond donors (Lipinski definition) is 0. The monoisotopic (exact) mass is 238 g/mol. The fourth-order valence-electron chi connectivity index (χ4n) is 2.97. The van der Waals surface area contributed by atoms with E-state index in [-0.39, 0.29) is 5.41 Å². The Kier molecular flexibility index (Phi) is 4.00. The minimum atomic E-state index is 0.283. The summed E-state index contributed by atoms with van der Waals surface area (Å²) in [6.07, 6.45) is 7.06. The van der Waals surface area contributed by atoms with Crippen LogP contribution >= 0.6 is 0 Å². The van der Waals surface area contributed by atoms with Crippen LogP contribution in [0.1, 0.15) is 39.0 Å². The van der Waals surface area contributed by atoms with E-state index in [1.807, 2.05) is 6.08 Å². The number of fused-ring (bicyclic) bond motifs is 1. The average Bonchev–Trinajstić information content (AvgIpc) is 2.31. The van der Waals surface area contributed by atoms with Gasteiger partial charge in [0.25, 0.3) is 0 Å². The van der Waals surface area contributed by atoms with Crippen LogP contribution in [0.2, 0.25) is 0 Å². The van der Waals surface area contributed by atoms with Crippen LogP contribution in [-0.2, 0) is 14.3 Å². The van der Waals surface area contributed by atoms with Gasteiger partial charge in [-0.3, -0.25) is 4.79 Å². The van der Waals surface area contributed by atoms with E-state index < -0.39 is 0 Å². The molecule has 0 N–H and O–H groups in total. The van der Waals surface area contributed by atoms with Gasteiger partial charge in [-0.15, -0.1) is 0 Å². The fraction of sp³-hybridized carbons (Fsp3) is 0.786.